The highest BCUT2D eigenvalue weighted by Crippen LogP contribution is 2.17. The molecule has 0 radical (unpaired) electrons. The lowest BCUT2D eigenvalue weighted by molar-refractivity contribution is 0.100. The van der Waals surface area contributed by atoms with E-state index in [1.54, 1.807) is 5.38 Å². The van der Waals surface area contributed by atoms with Gasteiger partial charge in [0.25, 0.3) is 5.91 Å². The van der Waals surface area contributed by atoms with Gasteiger partial charge in [0, 0.05) is 17.9 Å². The number of hydrogen-bond acceptors (Lipinski definition) is 4. The van der Waals surface area contributed by atoms with Crippen LogP contribution < -0.4 is 5.32 Å². The number of carbonyl (C=O) groups excluding carboxylic acids is 2. The van der Waals surface area contributed by atoms with Gasteiger partial charge in [-0.2, -0.15) is 0 Å². The molecule has 1 aromatic heterocycles. The average molecular weight is 264 g/mol. The number of amides is 1. The molecule has 0 spiro atoms. The fourth-order valence-electron chi connectivity index (χ4n) is 1.29. The molecule has 1 amide bonds. The molecule has 2 rings (SSSR count). The second kappa shape index (κ2) is 5.05. The SMILES string of the molecule is CC(=O)c1csc(NC(=O)c2cccc(F)c2)n1. The van der Waals surface area contributed by atoms with Crippen molar-refractivity contribution < 1.29 is 14.0 Å². The monoisotopic (exact) mass is 264 g/mol. The van der Waals surface area contributed by atoms with Gasteiger partial charge in [-0.1, -0.05) is 6.07 Å². The molecule has 0 saturated carbocycles. The first-order valence-corrected chi connectivity index (χ1v) is 5.97. The molecular formula is C12H9FN2O2S. The van der Waals surface area contributed by atoms with Crippen molar-refractivity contribution >= 4 is 28.2 Å². The summed E-state index contributed by atoms with van der Waals surface area (Å²) >= 11 is 1.15. The number of nitrogens with zero attached hydrogens (tertiary/aromatic N) is 1. The molecule has 92 valence electrons. The fourth-order valence-corrected chi connectivity index (χ4v) is 2.04. The van der Waals surface area contributed by atoms with Crippen molar-refractivity contribution in [3.63, 3.8) is 0 Å². The molecule has 0 bridgehead atoms. The molecule has 4 nitrogen and oxygen atoms in total. The minimum absolute atomic E-state index is 0.169. The van der Waals surface area contributed by atoms with Gasteiger partial charge in [0.15, 0.2) is 10.9 Å². The van der Waals surface area contributed by atoms with Crippen LogP contribution in [-0.4, -0.2) is 16.7 Å². The molecule has 1 heterocycles. The van der Waals surface area contributed by atoms with E-state index < -0.39 is 11.7 Å². The Morgan fingerprint density at radius 3 is 2.78 bits per heavy atom. The van der Waals surface area contributed by atoms with Crippen molar-refractivity contribution in [3.05, 3.63) is 46.7 Å². The van der Waals surface area contributed by atoms with Crippen LogP contribution in [0.3, 0.4) is 0 Å². The summed E-state index contributed by atoms with van der Waals surface area (Å²) in [6.07, 6.45) is 0. The highest BCUT2D eigenvalue weighted by Gasteiger charge is 2.11. The van der Waals surface area contributed by atoms with Gasteiger partial charge in [-0.3, -0.25) is 14.9 Å². The predicted octanol–water partition coefficient (Wildman–Crippen LogP) is 2.74. The van der Waals surface area contributed by atoms with Crippen LogP contribution in [0.5, 0.6) is 0 Å². The van der Waals surface area contributed by atoms with E-state index in [1.807, 2.05) is 0 Å². The lowest BCUT2D eigenvalue weighted by Crippen LogP contribution is -2.12. The number of thiazole rings is 1. The third kappa shape index (κ3) is 2.78. The summed E-state index contributed by atoms with van der Waals surface area (Å²) in [5.41, 5.74) is 0.504. The third-order valence-corrected chi connectivity index (χ3v) is 2.93. The van der Waals surface area contributed by atoms with Crippen molar-refractivity contribution in [3.8, 4) is 0 Å². The number of Topliss-reactive ketones (excluding diaryl/α,β-unsaturated/α-hetero) is 1. The van der Waals surface area contributed by atoms with Crippen LogP contribution >= 0.6 is 11.3 Å². The number of carbonyl (C=O) groups is 2. The predicted molar refractivity (Wildman–Crippen MR) is 66.5 cm³/mol. The second-order valence-electron chi connectivity index (χ2n) is 3.56. The number of nitrogens with one attached hydrogen (secondary N) is 1. The lowest BCUT2D eigenvalue weighted by atomic mass is 10.2. The van der Waals surface area contributed by atoms with Crippen LogP contribution in [0.1, 0.15) is 27.8 Å². The Balaban J connectivity index is 2.13. The Hall–Kier alpha value is -2.08. The molecule has 0 atom stereocenters. The molecule has 0 fully saturated rings. The van der Waals surface area contributed by atoms with Crippen LogP contribution in [-0.2, 0) is 0 Å². The molecule has 6 heteroatoms. The van der Waals surface area contributed by atoms with E-state index in [9.17, 15) is 14.0 Å². The third-order valence-electron chi connectivity index (χ3n) is 2.17. The Labute approximate surface area is 106 Å². The molecule has 0 aliphatic heterocycles. The number of aromatic nitrogens is 1. The zero-order valence-corrected chi connectivity index (χ0v) is 10.3. The van der Waals surface area contributed by atoms with Gasteiger partial charge in [0.05, 0.1) is 0 Å². The quantitative estimate of drug-likeness (QED) is 0.867. The Kier molecular flexibility index (Phi) is 3.47. The van der Waals surface area contributed by atoms with Crippen molar-refractivity contribution in [1.82, 2.24) is 4.98 Å². The van der Waals surface area contributed by atoms with Gasteiger partial charge in [0.1, 0.15) is 11.5 Å². The van der Waals surface area contributed by atoms with E-state index in [4.69, 9.17) is 0 Å². The highest BCUT2D eigenvalue weighted by atomic mass is 32.1. The van der Waals surface area contributed by atoms with Crippen molar-refractivity contribution in [2.45, 2.75) is 6.92 Å². The summed E-state index contributed by atoms with van der Waals surface area (Å²) in [4.78, 5) is 26.7. The fraction of sp³-hybridized carbons (Fsp3) is 0.0833. The van der Waals surface area contributed by atoms with Crippen molar-refractivity contribution in [2.24, 2.45) is 0 Å². The summed E-state index contributed by atoms with van der Waals surface area (Å²) in [5, 5.41) is 4.38. The number of benzene rings is 1. The van der Waals surface area contributed by atoms with Crippen LogP contribution in [0.25, 0.3) is 0 Å². The number of rotatable bonds is 3. The number of hydrogen-bond donors (Lipinski definition) is 1. The summed E-state index contributed by atoms with van der Waals surface area (Å²) in [6, 6.07) is 5.34. The molecule has 0 aliphatic carbocycles. The van der Waals surface area contributed by atoms with Gasteiger partial charge in [-0.25, -0.2) is 9.37 Å². The molecular weight excluding hydrogens is 255 g/mol. The summed E-state index contributed by atoms with van der Waals surface area (Å²) in [5.74, 6) is -1.11. The van der Waals surface area contributed by atoms with Crippen LogP contribution in [0, 0.1) is 5.82 Å². The van der Waals surface area contributed by atoms with Crippen molar-refractivity contribution in [2.75, 3.05) is 5.32 Å². The second-order valence-corrected chi connectivity index (χ2v) is 4.42. The molecule has 0 unspecified atom stereocenters. The van der Waals surface area contributed by atoms with Gasteiger partial charge >= 0.3 is 0 Å². The van der Waals surface area contributed by atoms with Gasteiger partial charge < -0.3 is 0 Å². The zero-order valence-electron chi connectivity index (χ0n) is 9.44. The van der Waals surface area contributed by atoms with Crippen molar-refractivity contribution in [1.29, 1.82) is 0 Å². The standard InChI is InChI=1S/C12H9FN2O2S/c1-7(16)10-6-18-12(14-10)15-11(17)8-3-2-4-9(13)5-8/h2-6H,1H3,(H,14,15,17). The maximum Gasteiger partial charge on any atom is 0.257 e. The van der Waals surface area contributed by atoms with E-state index in [0.717, 1.165) is 17.4 Å². The first-order chi connectivity index (χ1) is 8.56. The van der Waals surface area contributed by atoms with Crippen LogP contribution in [0.15, 0.2) is 29.6 Å². The van der Waals surface area contributed by atoms with E-state index in [0.29, 0.717) is 10.8 Å². The maximum atomic E-state index is 12.9. The number of halogens is 1. The Bertz CT molecular complexity index is 610. The smallest absolute Gasteiger partial charge is 0.257 e. The first-order valence-electron chi connectivity index (χ1n) is 5.09. The van der Waals surface area contributed by atoms with Gasteiger partial charge in [-0.15, -0.1) is 11.3 Å². The van der Waals surface area contributed by atoms with E-state index >= 15 is 0 Å². The van der Waals surface area contributed by atoms with E-state index in [1.165, 1.54) is 25.1 Å². The summed E-state index contributed by atoms with van der Waals surface area (Å²) < 4.78 is 12.9. The highest BCUT2D eigenvalue weighted by molar-refractivity contribution is 7.14. The van der Waals surface area contributed by atoms with E-state index in [2.05, 4.69) is 10.3 Å². The molecule has 2 aromatic rings. The van der Waals surface area contributed by atoms with Gasteiger partial charge in [-0.05, 0) is 18.2 Å². The lowest BCUT2D eigenvalue weighted by Gasteiger charge is -2.01. The number of anilines is 1. The minimum Gasteiger partial charge on any atom is -0.298 e. The molecule has 1 N–H and O–H groups in total. The Morgan fingerprint density at radius 1 is 1.39 bits per heavy atom. The van der Waals surface area contributed by atoms with Crippen LogP contribution in [0.2, 0.25) is 0 Å². The van der Waals surface area contributed by atoms with Gasteiger partial charge in [0.2, 0.25) is 0 Å². The molecule has 0 saturated heterocycles. The largest absolute Gasteiger partial charge is 0.298 e. The van der Waals surface area contributed by atoms with E-state index in [-0.39, 0.29) is 11.3 Å². The summed E-state index contributed by atoms with van der Waals surface area (Å²) in [6.45, 7) is 1.40. The normalized spacial score (nSPS) is 10.1. The minimum atomic E-state index is -0.480. The summed E-state index contributed by atoms with van der Waals surface area (Å²) in [7, 11) is 0. The molecule has 0 aliphatic rings. The first kappa shape index (κ1) is 12.4. The zero-order chi connectivity index (χ0) is 13.1. The molecule has 18 heavy (non-hydrogen) atoms. The topological polar surface area (TPSA) is 59.1 Å². The van der Waals surface area contributed by atoms with Crippen LogP contribution in [0.4, 0.5) is 9.52 Å². The number of ketones is 1. The molecule has 1 aromatic carbocycles. The maximum absolute atomic E-state index is 12.9. The Morgan fingerprint density at radius 2 is 2.17 bits per heavy atom. The average Bonchev–Trinajstić information content (AvgIpc) is 2.77.